The van der Waals surface area contributed by atoms with Gasteiger partial charge in [-0.05, 0) is 6.42 Å². The van der Waals surface area contributed by atoms with Crippen LogP contribution in [0.3, 0.4) is 0 Å². The summed E-state index contributed by atoms with van der Waals surface area (Å²) in [5, 5.41) is 2.78. The van der Waals surface area contributed by atoms with Crippen molar-refractivity contribution in [2.24, 2.45) is 0 Å². The van der Waals surface area contributed by atoms with Crippen molar-refractivity contribution < 1.29 is 19.1 Å². The molecule has 1 fully saturated rings. The first-order valence-electron chi connectivity index (χ1n) is 6.79. The Morgan fingerprint density at radius 2 is 2.32 bits per heavy atom. The largest absolute Gasteiger partial charge is 0.460 e. The van der Waals surface area contributed by atoms with E-state index in [1.54, 1.807) is 0 Å². The highest BCUT2D eigenvalue weighted by Crippen LogP contribution is 2.22. The lowest BCUT2D eigenvalue weighted by Gasteiger charge is -2.28. The summed E-state index contributed by atoms with van der Waals surface area (Å²) in [5.41, 5.74) is 0. The lowest BCUT2D eigenvalue weighted by molar-refractivity contribution is -0.148. The molecule has 1 rings (SSSR count). The molecule has 6 heteroatoms. The average Bonchev–Trinajstić information content (AvgIpc) is 2.51. The van der Waals surface area contributed by atoms with Crippen LogP contribution in [-0.2, 0) is 14.3 Å². The first-order chi connectivity index (χ1) is 9.04. The van der Waals surface area contributed by atoms with E-state index in [1.165, 1.54) is 6.92 Å². The predicted octanol–water partition coefficient (Wildman–Crippen LogP) is 2.76. The van der Waals surface area contributed by atoms with E-state index in [-0.39, 0.29) is 29.5 Å². The van der Waals surface area contributed by atoms with Gasteiger partial charge >= 0.3 is 12.1 Å². The first kappa shape index (κ1) is 16.3. The second kappa shape index (κ2) is 8.40. The molecule has 1 N–H and O–H groups in total. The smallest absolute Gasteiger partial charge is 0.407 e. The fraction of sp³-hybridized carbons (Fsp3) is 0.846. The van der Waals surface area contributed by atoms with Crippen LogP contribution in [0.5, 0.6) is 0 Å². The third-order valence-corrected chi connectivity index (χ3v) is 4.14. The average molecular weight is 336 g/mol. The van der Waals surface area contributed by atoms with Crippen LogP contribution in [0.4, 0.5) is 4.79 Å². The van der Waals surface area contributed by atoms with Crippen molar-refractivity contribution in [2.75, 3.05) is 6.61 Å². The maximum atomic E-state index is 11.5. The topological polar surface area (TPSA) is 64.6 Å². The fourth-order valence-corrected chi connectivity index (χ4v) is 2.95. The van der Waals surface area contributed by atoms with Gasteiger partial charge in [-0.2, -0.15) is 0 Å². The minimum atomic E-state index is -0.445. The van der Waals surface area contributed by atoms with Crippen molar-refractivity contribution in [3.8, 4) is 0 Å². The second-order valence-corrected chi connectivity index (χ2v) is 5.93. The van der Waals surface area contributed by atoms with E-state index < -0.39 is 6.09 Å². The van der Waals surface area contributed by atoms with E-state index >= 15 is 0 Å². The van der Waals surface area contributed by atoms with Crippen molar-refractivity contribution >= 4 is 28.0 Å². The maximum Gasteiger partial charge on any atom is 0.407 e. The van der Waals surface area contributed by atoms with Crippen molar-refractivity contribution in [2.45, 2.75) is 62.9 Å². The number of nitrogens with one attached hydrogen (secondary N) is 1. The van der Waals surface area contributed by atoms with E-state index in [9.17, 15) is 9.59 Å². The molecule has 1 aliphatic rings. The molecule has 0 bridgehead atoms. The first-order valence-corrected chi connectivity index (χ1v) is 7.70. The molecule has 0 unspecified atom stereocenters. The van der Waals surface area contributed by atoms with Crippen LogP contribution in [0.1, 0.15) is 46.0 Å². The number of hydrogen-bond donors (Lipinski definition) is 1. The molecule has 0 aromatic rings. The molecular weight excluding hydrogens is 314 g/mol. The summed E-state index contributed by atoms with van der Waals surface area (Å²) in [6, 6.07) is -0.240. The number of rotatable bonds is 6. The number of ether oxygens (including phenoxy) is 2. The zero-order chi connectivity index (χ0) is 14.3. The summed E-state index contributed by atoms with van der Waals surface area (Å²) < 4.78 is 10.3. The molecule has 110 valence electrons. The van der Waals surface area contributed by atoms with Gasteiger partial charge in [0.15, 0.2) is 0 Å². The number of carbonyl (C=O) groups excluding carboxylic acids is 2. The summed E-state index contributed by atoms with van der Waals surface area (Å²) >= 11 is 3.60. The van der Waals surface area contributed by atoms with Gasteiger partial charge in [0.2, 0.25) is 0 Å². The van der Waals surface area contributed by atoms with Gasteiger partial charge in [-0.25, -0.2) is 4.79 Å². The van der Waals surface area contributed by atoms with Gasteiger partial charge in [-0.3, -0.25) is 4.79 Å². The number of esters is 1. The Kier molecular flexibility index (Phi) is 7.20. The normalized spacial score (nSPS) is 24.9. The zero-order valence-corrected chi connectivity index (χ0v) is 13.1. The van der Waals surface area contributed by atoms with Gasteiger partial charge < -0.3 is 14.8 Å². The Morgan fingerprint density at radius 3 is 2.95 bits per heavy atom. The van der Waals surface area contributed by atoms with Crippen LogP contribution in [0.15, 0.2) is 0 Å². The summed E-state index contributed by atoms with van der Waals surface area (Å²) in [6.07, 6.45) is 4.04. The molecule has 0 radical (unpaired) electrons. The standard InChI is InChI=1S/C13H22BrNO4/c1-3-4-5-6-10(14)12-11(19-9(2)16)7-8-18-13(17)15-12/h10-12H,3-8H2,1-2H3,(H,15,17)/t10-,11-,12-/m1/s1. The van der Waals surface area contributed by atoms with E-state index in [4.69, 9.17) is 9.47 Å². The summed E-state index contributed by atoms with van der Waals surface area (Å²) in [6.45, 7) is 3.80. The monoisotopic (exact) mass is 335 g/mol. The number of amides is 1. The van der Waals surface area contributed by atoms with Crippen molar-refractivity contribution in [1.82, 2.24) is 5.32 Å². The van der Waals surface area contributed by atoms with E-state index in [2.05, 4.69) is 28.2 Å². The quantitative estimate of drug-likeness (QED) is 0.460. The molecule has 1 amide bonds. The van der Waals surface area contributed by atoms with Crippen LogP contribution in [0.2, 0.25) is 0 Å². The Bertz CT molecular complexity index is 311. The van der Waals surface area contributed by atoms with Crippen LogP contribution >= 0.6 is 15.9 Å². The summed E-state index contributed by atoms with van der Waals surface area (Å²) in [5.74, 6) is -0.334. The number of alkyl carbamates (subject to hydrolysis) is 1. The Labute approximate surface area is 122 Å². The SMILES string of the molecule is CCCCC[C@@H](Br)[C@H]1NC(=O)OCC[C@H]1OC(C)=O. The second-order valence-electron chi connectivity index (χ2n) is 4.75. The molecule has 5 nitrogen and oxygen atoms in total. The third-order valence-electron chi connectivity index (χ3n) is 3.11. The molecule has 0 saturated carbocycles. The highest BCUT2D eigenvalue weighted by Gasteiger charge is 2.34. The number of unbranched alkanes of at least 4 members (excludes halogenated alkanes) is 2. The Morgan fingerprint density at radius 1 is 1.58 bits per heavy atom. The van der Waals surface area contributed by atoms with Crippen LogP contribution in [0.25, 0.3) is 0 Å². The van der Waals surface area contributed by atoms with Crippen molar-refractivity contribution in [1.29, 1.82) is 0 Å². The maximum absolute atomic E-state index is 11.5. The minimum absolute atomic E-state index is 0.0778. The van der Waals surface area contributed by atoms with Gasteiger partial charge in [-0.15, -0.1) is 0 Å². The number of carbonyl (C=O) groups is 2. The molecule has 3 atom stereocenters. The van der Waals surface area contributed by atoms with Crippen LogP contribution in [-0.4, -0.2) is 35.6 Å². The Balaban J connectivity index is 2.63. The minimum Gasteiger partial charge on any atom is -0.460 e. The van der Waals surface area contributed by atoms with Gasteiger partial charge in [0, 0.05) is 18.2 Å². The van der Waals surface area contributed by atoms with Crippen molar-refractivity contribution in [3.63, 3.8) is 0 Å². The zero-order valence-electron chi connectivity index (χ0n) is 11.5. The highest BCUT2D eigenvalue weighted by molar-refractivity contribution is 9.09. The van der Waals surface area contributed by atoms with Crippen LogP contribution in [0, 0.1) is 0 Å². The molecule has 1 aliphatic heterocycles. The molecular formula is C13H22BrNO4. The van der Waals surface area contributed by atoms with Crippen molar-refractivity contribution in [3.05, 3.63) is 0 Å². The van der Waals surface area contributed by atoms with Gasteiger partial charge in [0.25, 0.3) is 0 Å². The van der Waals surface area contributed by atoms with Gasteiger partial charge in [0.05, 0.1) is 12.6 Å². The number of cyclic esters (lactones) is 1. The molecule has 0 aromatic carbocycles. The van der Waals surface area contributed by atoms with Gasteiger partial charge in [0.1, 0.15) is 6.10 Å². The van der Waals surface area contributed by atoms with E-state index in [1.807, 2.05) is 0 Å². The van der Waals surface area contributed by atoms with E-state index in [0.29, 0.717) is 6.42 Å². The number of alkyl halides is 1. The number of hydrogen-bond acceptors (Lipinski definition) is 4. The summed E-state index contributed by atoms with van der Waals surface area (Å²) in [7, 11) is 0. The number of halogens is 1. The lowest BCUT2D eigenvalue weighted by atomic mass is 10.0. The molecule has 1 saturated heterocycles. The molecule has 0 aromatic heterocycles. The third kappa shape index (κ3) is 5.80. The molecule has 1 heterocycles. The van der Waals surface area contributed by atoms with Crippen LogP contribution < -0.4 is 5.32 Å². The Hall–Kier alpha value is -0.780. The molecule has 19 heavy (non-hydrogen) atoms. The molecule has 0 spiro atoms. The highest BCUT2D eigenvalue weighted by atomic mass is 79.9. The lowest BCUT2D eigenvalue weighted by Crippen LogP contribution is -2.48. The summed E-state index contributed by atoms with van der Waals surface area (Å²) in [4.78, 5) is 22.7. The fourth-order valence-electron chi connectivity index (χ4n) is 2.16. The van der Waals surface area contributed by atoms with Gasteiger partial charge in [-0.1, -0.05) is 42.1 Å². The van der Waals surface area contributed by atoms with E-state index in [0.717, 1.165) is 25.7 Å². The predicted molar refractivity (Wildman–Crippen MR) is 75.3 cm³/mol. The molecule has 0 aliphatic carbocycles.